The summed E-state index contributed by atoms with van der Waals surface area (Å²) in [7, 11) is 5.11. The molecule has 0 bridgehead atoms. The van der Waals surface area contributed by atoms with Gasteiger partial charge < -0.3 is 10.5 Å². The molecule has 3 N–H and O–H groups in total. The monoisotopic (exact) mass is 251 g/mol. The van der Waals surface area contributed by atoms with E-state index in [1.807, 2.05) is 25.1 Å². The molecule has 0 saturated heterocycles. The fourth-order valence-corrected chi connectivity index (χ4v) is 1.70. The molecule has 1 aromatic rings. The van der Waals surface area contributed by atoms with Gasteiger partial charge in [-0.25, -0.2) is 5.01 Å². The first-order chi connectivity index (χ1) is 8.43. The first kappa shape index (κ1) is 14.5. The maximum atomic E-state index is 11.7. The predicted octanol–water partition coefficient (Wildman–Crippen LogP) is 0.466. The number of carbonyl (C=O) groups excluding carboxylic acids is 1. The number of benzene rings is 1. The van der Waals surface area contributed by atoms with Crippen molar-refractivity contribution >= 4 is 5.91 Å². The molecule has 0 spiro atoms. The van der Waals surface area contributed by atoms with E-state index >= 15 is 0 Å². The minimum absolute atomic E-state index is 0.205. The third kappa shape index (κ3) is 4.01. The van der Waals surface area contributed by atoms with Gasteiger partial charge in [0.15, 0.2) is 0 Å². The highest BCUT2D eigenvalue weighted by Crippen LogP contribution is 2.20. The van der Waals surface area contributed by atoms with E-state index in [1.165, 1.54) is 0 Å². The van der Waals surface area contributed by atoms with Crippen molar-refractivity contribution in [3.8, 4) is 5.75 Å². The Hall–Kier alpha value is -1.59. The van der Waals surface area contributed by atoms with Crippen LogP contribution in [0.15, 0.2) is 18.2 Å². The third-order valence-electron chi connectivity index (χ3n) is 2.55. The number of nitrogens with one attached hydrogen (secondary N) is 1. The zero-order chi connectivity index (χ0) is 13.7. The van der Waals surface area contributed by atoms with Crippen LogP contribution in [0.1, 0.15) is 11.1 Å². The maximum absolute atomic E-state index is 11.7. The SMILES string of the molecule is COc1ccc(C)cc1CC(N)C(=O)NN(C)C. The summed E-state index contributed by atoms with van der Waals surface area (Å²) in [6.45, 7) is 1.99. The molecule has 1 unspecified atom stereocenters. The van der Waals surface area contributed by atoms with Crippen LogP contribution in [-0.2, 0) is 11.2 Å². The van der Waals surface area contributed by atoms with Gasteiger partial charge in [-0.05, 0) is 18.6 Å². The zero-order valence-corrected chi connectivity index (χ0v) is 11.4. The highest BCUT2D eigenvalue weighted by molar-refractivity contribution is 5.81. The van der Waals surface area contributed by atoms with Gasteiger partial charge in [0.2, 0.25) is 0 Å². The molecule has 0 radical (unpaired) electrons. The lowest BCUT2D eigenvalue weighted by Crippen LogP contribution is -2.47. The van der Waals surface area contributed by atoms with Gasteiger partial charge in [0.1, 0.15) is 5.75 Å². The topological polar surface area (TPSA) is 67.6 Å². The summed E-state index contributed by atoms with van der Waals surface area (Å²) in [6, 6.07) is 5.25. The molecule has 1 amide bonds. The Kier molecular flexibility index (Phi) is 5.12. The van der Waals surface area contributed by atoms with Gasteiger partial charge in [-0.3, -0.25) is 10.2 Å². The number of hydrogen-bond acceptors (Lipinski definition) is 4. The second-order valence-corrected chi connectivity index (χ2v) is 4.50. The Labute approximate surface area is 108 Å². The minimum atomic E-state index is -0.594. The van der Waals surface area contributed by atoms with E-state index in [-0.39, 0.29) is 5.91 Å². The normalized spacial score (nSPS) is 12.3. The van der Waals surface area contributed by atoms with E-state index in [2.05, 4.69) is 5.43 Å². The van der Waals surface area contributed by atoms with Gasteiger partial charge in [0.25, 0.3) is 5.91 Å². The van der Waals surface area contributed by atoms with Gasteiger partial charge in [0, 0.05) is 20.5 Å². The fourth-order valence-electron chi connectivity index (χ4n) is 1.70. The molecule has 100 valence electrons. The molecule has 1 aromatic carbocycles. The summed E-state index contributed by atoms with van der Waals surface area (Å²) in [4.78, 5) is 11.7. The minimum Gasteiger partial charge on any atom is -0.496 e. The maximum Gasteiger partial charge on any atom is 0.251 e. The summed E-state index contributed by atoms with van der Waals surface area (Å²) in [5.41, 5.74) is 10.6. The molecule has 0 saturated carbocycles. The number of rotatable bonds is 5. The smallest absolute Gasteiger partial charge is 0.251 e. The third-order valence-corrected chi connectivity index (χ3v) is 2.55. The van der Waals surface area contributed by atoms with Crippen LogP contribution in [0.2, 0.25) is 0 Å². The Bertz CT molecular complexity index is 419. The number of hydrazine groups is 1. The summed E-state index contributed by atoms with van der Waals surface area (Å²) in [6.07, 6.45) is 0.449. The number of amides is 1. The van der Waals surface area contributed by atoms with Crippen molar-refractivity contribution in [2.24, 2.45) is 5.73 Å². The molecule has 1 rings (SSSR count). The van der Waals surface area contributed by atoms with Crippen molar-refractivity contribution in [1.29, 1.82) is 0 Å². The van der Waals surface area contributed by atoms with Crippen molar-refractivity contribution in [1.82, 2.24) is 10.4 Å². The van der Waals surface area contributed by atoms with E-state index in [1.54, 1.807) is 26.2 Å². The van der Waals surface area contributed by atoms with E-state index < -0.39 is 6.04 Å². The van der Waals surface area contributed by atoms with Crippen LogP contribution >= 0.6 is 0 Å². The van der Waals surface area contributed by atoms with E-state index in [0.717, 1.165) is 16.9 Å². The van der Waals surface area contributed by atoms with Crippen LogP contribution in [0.5, 0.6) is 5.75 Å². The van der Waals surface area contributed by atoms with Crippen molar-refractivity contribution in [2.45, 2.75) is 19.4 Å². The number of methoxy groups -OCH3 is 1. The quantitative estimate of drug-likeness (QED) is 0.746. The van der Waals surface area contributed by atoms with Crippen molar-refractivity contribution < 1.29 is 9.53 Å². The Balaban J connectivity index is 2.77. The second-order valence-electron chi connectivity index (χ2n) is 4.50. The van der Waals surface area contributed by atoms with Gasteiger partial charge in [-0.15, -0.1) is 0 Å². The molecule has 0 fully saturated rings. The predicted molar refractivity (Wildman–Crippen MR) is 71.2 cm³/mol. The average Bonchev–Trinajstić information content (AvgIpc) is 2.28. The van der Waals surface area contributed by atoms with Crippen LogP contribution in [-0.4, -0.2) is 38.2 Å². The lowest BCUT2D eigenvalue weighted by Gasteiger charge is -2.17. The Morgan fingerprint density at radius 2 is 2.17 bits per heavy atom. The number of nitrogens with two attached hydrogens (primary N) is 1. The highest BCUT2D eigenvalue weighted by atomic mass is 16.5. The largest absolute Gasteiger partial charge is 0.496 e. The first-order valence-corrected chi connectivity index (χ1v) is 5.81. The van der Waals surface area contributed by atoms with Gasteiger partial charge >= 0.3 is 0 Å². The van der Waals surface area contributed by atoms with E-state index in [9.17, 15) is 4.79 Å². The molecule has 0 aliphatic heterocycles. The molecule has 0 aromatic heterocycles. The zero-order valence-electron chi connectivity index (χ0n) is 11.4. The number of hydrogen-bond donors (Lipinski definition) is 2. The van der Waals surface area contributed by atoms with Gasteiger partial charge in [-0.1, -0.05) is 17.7 Å². The van der Waals surface area contributed by atoms with Gasteiger partial charge in [-0.2, -0.15) is 0 Å². The lowest BCUT2D eigenvalue weighted by molar-refractivity contribution is -0.126. The number of nitrogens with zero attached hydrogens (tertiary/aromatic N) is 1. The first-order valence-electron chi connectivity index (χ1n) is 5.81. The second kappa shape index (κ2) is 6.37. The average molecular weight is 251 g/mol. The molecule has 0 aliphatic carbocycles. The van der Waals surface area contributed by atoms with Gasteiger partial charge in [0.05, 0.1) is 13.2 Å². The van der Waals surface area contributed by atoms with Crippen LogP contribution in [0.4, 0.5) is 0 Å². The molecule has 18 heavy (non-hydrogen) atoms. The van der Waals surface area contributed by atoms with E-state index in [0.29, 0.717) is 6.42 Å². The van der Waals surface area contributed by atoms with Crippen molar-refractivity contribution in [3.05, 3.63) is 29.3 Å². The fraction of sp³-hybridized carbons (Fsp3) is 0.462. The lowest BCUT2D eigenvalue weighted by atomic mass is 10.0. The Morgan fingerprint density at radius 3 is 2.72 bits per heavy atom. The number of carbonyl (C=O) groups is 1. The van der Waals surface area contributed by atoms with Crippen LogP contribution in [0.3, 0.4) is 0 Å². The molecule has 5 nitrogen and oxygen atoms in total. The molecule has 0 heterocycles. The molecule has 1 atom stereocenters. The van der Waals surface area contributed by atoms with Crippen LogP contribution in [0.25, 0.3) is 0 Å². The number of aryl methyl sites for hydroxylation is 1. The summed E-state index contributed by atoms with van der Waals surface area (Å²) in [5.74, 6) is 0.553. The summed E-state index contributed by atoms with van der Waals surface area (Å²) in [5, 5.41) is 1.58. The standard InChI is InChI=1S/C13H21N3O2/c1-9-5-6-12(18-4)10(7-9)8-11(14)13(17)15-16(2)3/h5-7,11H,8,14H2,1-4H3,(H,15,17). The molecular formula is C13H21N3O2. The highest BCUT2D eigenvalue weighted by Gasteiger charge is 2.16. The Morgan fingerprint density at radius 1 is 1.50 bits per heavy atom. The van der Waals surface area contributed by atoms with Crippen molar-refractivity contribution in [3.63, 3.8) is 0 Å². The van der Waals surface area contributed by atoms with Crippen LogP contribution < -0.4 is 15.9 Å². The van der Waals surface area contributed by atoms with E-state index in [4.69, 9.17) is 10.5 Å². The summed E-state index contributed by atoms with van der Waals surface area (Å²) >= 11 is 0. The number of ether oxygens (including phenoxy) is 1. The molecular weight excluding hydrogens is 230 g/mol. The van der Waals surface area contributed by atoms with Crippen LogP contribution in [0, 0.1) is 6.92 Å². The summed E-state index contributed by atoms with van der Waals surface area (Å²) < 4.78 is 5.26. The van der Waals surface area contributed by atoms with Crippen molar-refractivity contribution in [2.75, 3.05) is 21.2 Å². The molecule has 5 heteroatoms. The molecule has 0 aliphatic rings.